The van der Waals surface area contributed by atoms with Crippen LogP contribution in [0, 0.1) is 0 Å². The van der Waals surface area contributed by atoms with Crippen LogP contribution in [0.3, 0.4) is 0 Å². The Labute approximate surface area is 84.5 Å². The van der Waals surface area contributed by atoms with Crippen molar-refractivity contribution < 1.29 is 13.2 Å². The second-order valence-electron chi connectivity index (χ2n) is 2.55. The molecule has 1 rings (SSSR count). The van der Waals surface area contributed by atoms with Crippen LogP contribution in [0.5, 0.6) is 0 Å². The number of alkyl halides is 3. The lowest BCUT2D eigenvalue weighted by molar-refractivity contribution is -0.141. The third kappa shape index (κ3) is 2.55. The molecule has 0 aliphatic carbocycles. The van der Waals surface area contributed by atoms with Crippen molar-refractivity contribution in [3.8, 4) is 0 Å². The van der Waals surface area contributed by atoms with E-state index in [4.69, 9.17) is 0 Å². The number of nitrogens with zero attached hydrogens (tertiary/aromatic N) is 3. The number of hydrogen-bond donors (Lipinski definition) is 0. The zero-order valence-corrected chi connectivity index (χ0v) is 7.70. The topological polar surface area (TPSA) is 28.5 Å². The fourth-order valence-electron chi connectivity index (χ4n) is 0.932. The minimum atomic E-state index is -4.47. The minimum absolute atomic E-state index is 0.0230. The molecule has 0 aliphatic rings. The van der Waals surface area contributed by atoms with Crippen molar-refractivity contribution in [2.24, 2.45) is 5.10 Å². The summed E-state index contributed by atoms with van der Waals surface area (Å²) in [6.45, 7) is 6.55. The first-order valence-electron chi connectivity index (χ1n) is 3.91. The van der Waals surface area contributed by atoms with Gasteiger partial charge in [0.25, 0.3) is 0 Å². The Balaban J connectivity index is 3.12. The van der Waals surface area contributed by atoms with Crippen LogP contribution in [0.25, 0.3) is 0 Å². The maximum Gasteiger partial charge on any atom is 0.433 e. The largest absolute Gasteiger partial charge is 0.433 e. The molecule has 1 aromatic rings. The van der Waals surface area contributed by atoms with Gasteiger partial charge in [0.1, 0.15) is 5.69 Å². The van der Waals surface area contributed by atoms with Crippen LogP contribution in [-0.4, -0.2) is 11.7 Å². The summed E-state index contributed by atoms with van der Waals surface area (Å²) in [5.41, 5.74) is -0.976. The SMILES string of the molecule is C=CN(N=C)c1cccc(C(F)(F)F)n1. The van der Waals surface area contributed by atoms with E-state index in [1.807, 2.05) is 0 Å². The van der Waals surface area contributed by atoms with Gasteiger partial charge in [-0.15, -0.1) is 0 Å². The predicted molar refractivity (Wildman–Crippen MR) is 51.5 cm³/mol. The smallest absolute Gasteiger partial charge is 0.224 e. The molecule has 6 heteroatoms. The highest BCUT2D eigenvalue weighted by atomic mass is 19.4. The highest BCUT2D eigenvalue weighted by molar-refractivity contribution is 5.44. The number of hydrazone groups is 1. The molecule has 0 atom stereocenters. The molecule has 0 amide bonds. The first-order chi connectivity index (χ1) is 6.99. The Hall–Kier alpha value is -1.85. The van der Waals surface area contributed by atoms with E-state index in [-0.39, 0.29) is 5.82 Å². The van der Waals surface area contributed by atoms with E-state index >= 15 is 0 Å². The van der Waals surface area contributed by atoms with Gasteiger partial charge in [-0.05, 0) is 12.1 Å². The Bertz CT molecular complexity index is 365. The van der Waals surface area contributed by atoms with Gasteiger partial charge in [0.2, 0.25) is 0 Å². The Morgan fingerprint density at radius 1 is 1.40 bits per heavy atom. The van der Waals surface area contributed by atoms with E-state index in [1.54, 1.807) is 0 Å². The lowest BCUT2D eigenvalue weighted by Gasteiger charge is -2.13. The van der Waals surface area contributed by atoms with Gasteiger partial charge in [-0.2, -0.15) is 18.3 Å². The molecule has 0 saturated carbocycles. The van der Waals surface area contributed by atoms with Crippen molar-refractivity contribution in [1.29, 1.82) is 0 Å². The van der Waals surface area contributed by atoms with E-state index in [0.717, 1.165) is 11.1 Å². The monoisotopic (exact) mass is 215 g/mol. The first kappa shape index (κ1) is 11.2. The number of aromatic nitrogens is 1. The van der Waals surface area contributed by atoms with Gasteiger partial charge in [0, 0.05) is 12.9 Å². The molecule has 0 fully saturated rings. The normalized spacial score (nSPS) is 10.9. The van der Waals surface area contributed by atoms with E-state index < -0.39 is 11.9 Å². The zero-order chi connectivity index (χ0) is 11.5. The summed E-state index contributed by atoms with van der Waals surface area (Å²) in [6, 6.07) is 3.51. The van der Waals surface area contributed by atoms with Crippen molar-refractivity contribution >= 4 is 12.5 Å². The average Bonchev–Trinajstić information content (AvgIpc) is 2.19. The van der Waals surface area contributed by atoms with Crippen molar-refractivity contribution in [2.75, 3.05) is 5.01 Å². The van der Waals surface area contributed by atoms with Crippen molar-refractivity contribution in [1.82, 2.24) is 4.98 Å². The van der Waals surface area contributed by atoms with Crippen molar-refractivity contribution in [2.45, 2.75) is 6.18 Å². The summed E-state index contributed by atoms with van der Waals surface area (Å²) >= 11 is 0. The van der Waals surface area contributed by atoms with Crippen LogP contribution in [0.4, 0.5) is 19.0 Å². The Morgan fingerprint density at radius 2 is 2.07 bits per heavy atom. The number of rotatable bonds is 3. The molecule has 0 aromatic carbocycles. The Morgan fingerprint density at radius 3 is 2.53 bits per heavy atom. The summed E-state index contributed by atoms with van der Waals surface area (Å²) in [7, 11) is 0. The molecule has 0 saturated heterocycles. The van der Waals surface area contributed by atoms with Gasteiger partial charge in [-0.25, -0.2) is 9.99 Å². The highest BCUT2D eigenvalue weighted by Gasteiger charge is 2.32. The molecule has 1 aromatic heterocycles. The van der Waals surface area contributed by atoms with Crippen LogP contribution in [0.15, 0.2) is 36.1 Å². The second kappa shape index (κ2) is 4.12. The number of hydrogen-bond acceptors (Lipinski definition) is 3. The molecule has 0 spiro atoms. The van der Waals surface area contributed by atoms with E-state index in [2.05, 4.69) is 23.4 Å². The number of pyridine rings is 1. The molecule has 0 N–H and O–H groups in total. The summed E-state index contributed by atoms with van der Waals surface area (Å²) in [4.78, 5) is 3.38. The second-order valence-corrected chi connectivity index (χ2v) is 2.55. The van der Waals surface area contributed by atoms with Crippen LogP contribution in [0.1, 0.15) is 5.69 Å². The lowest BCUT2D eigenvalue weighted by atomic mass is 10.3. The Kier molecular flexibility index (Phi) is 3.08. The number of anilines is 1. The minimum Gasteiger partial charge on any atom is -0.224 e. The first-order valence-corrected chi connectivity index (χ1v) is 3.91. The van der Waals surface area contributed by atoms with Crippen molar-refractivity contribution in [3.05, 3.63) is 36.7 Å². The van der Waals surface area contributed by atoms with Crippen LogP contribution in [-0.2, 0) is 6.18 Å². The molecule has 3 nitrogen and oxygen atoms in total. The highest BCUT2D eigenvalue weighted by Crippen LogP contribution is 2.28. The van der Waals surface area contributed by atoms with Gasteiger partial charge in [0.15, 0.2) is 5.82 Å². The third-order valence-corrected chi connectivity index (χ3v) is 1.58. The lowest BCUT2D eigenvalue weighted by Crippen LogP contribution is -2.13. The maximum absolute atomic E-state index is 12.3. The maximum atomic E-state index is 12.3. The molecule has 0 bridgehead atoms. The van der Waals surface area contributed by atoms with Gasteiger partial charge in [-0.3, -0.25) is 0 Å². The summed E-state index contributed by atoms with van der Waals surface area (Å²) in [6.07, 6.45) is -3.25. The molecule has 0 aliphatic heterocycles. The third-order valence-electron chi connectivity index (χ3n) is 1.58. The zero-order valence-electron chi connectivity index (χ0n) is 7.70. The van der Waals surface area contributed by atoms with Gasteiger partial charge in [-0.1, -0.05) is 12.6 Å². The molecular weight excluding hydrogens is 207 g/mol. The van der Waals surface area contributed by atoms with E-state index in [9.17, 15) is 13.2 Å². The van der Waals surface area contributed by atoms with Gasteiger partial charge < -0.3 is 0 Å². The van der Waals surface area contributed by atoms with E-state index in [1.165, 1.54) is 18.3 Å². The van der Waals surface area contributed by atoms with Gasteiger partial charge in [0.05, 0.1) is 0 Å². The van der Waals surface area contributed by atoms with Crippen LogP contribution < -0.4 is 5.01 Å². The van der Waals surface area contributed by atoms with E-state index in [0.29, 0.717) is 0 Å². The molecule has 0 radical (unpaired) electrons. The standard InChI is InChI=1S/C9H8F3N3/c1-3-15(13-2)8-6-4-5-7(14-8)9(10,11)12/h3-6H,1-2H2. The number of halogens is 3. The van der Waals surface area contributed by atoms with Crippen LogP contribution in [0.2, 0.25) is 0 Å². The molecule has 1 heterocycles. The average molecular weight is 215 g/mol. The fourth-order valence-corrected chi connectivity index (χ4v) is 0.932. The van der Waals surface area contributed by atoms with Gasteiger partial charge >= 0.3 is 6.18 Å². The fraction of sp³-hybridized carbons (Fsp3) is 0.111. The van der Waals surface area contributed by atoms with Crippen molar-refractivity contribution in [3.63, 3.8) is 0 Å². The molecule has 80 valence electrons. The predicted octanol–water partition coefficient (Wildman–Crippen LogP) is 2.67. The summed E-state index contributed by atoms with van der Waals surface area (Å²) in [5, 5.41) is 4.49. The molecule has 15 heavy (non-hydrogen) atoms. The quantitative estimate of drug-likeness (QED) is 0.572. The molecular formula is C9H8F3N3. The summed E-state index contributed by atoms with van der Waals surface area (Å²) < 4.78 is 36.9. The van der Waals surface area contributed by atoms with Crippen LogP contribution >= 0.6 is 0 Å². The molecule has 0 unspecified atom stereocenters. The summed E-state index contributed by atoms with van der Waals surface area (Å²) in [5.74, 6) is 0.0230.